The first-order chi connectivity index (χ1) is 24.2. The number of nitrogens with two attached hydrogens (primary N) is 3. The number of hydrogen-bond acceptors (Lipinski definition) is 11. The monoisotopic (exact) mass is 708 g/mol. The van der Waals surface area contributed by atoms with Gasteiger partial charge in [-0.05, 0) is 61.6 Å². The SMILES string of the molecule is CC1NC(=O)C2(O)C(CCN=CNN)C(O)(CCCN=C(N)N)C(=O)N2CC(=O)NC2C(NC1=O)C(c1ccc(O)cc1)C2c1ccc(O)cc1. The predicted molar refractivity (Wildman–Crippen MR) is 183 cm³/mol. The van der Waals surface area contributed by atoms with Crippen molar-refractivity contribution >= 4 is 35.9 Å². The van der Waals surface area contributed by atoms with Gasteiger partial charge < -0.3 is 53.3 Å². The number of hydrazine groups is 1. The molecule has 8 atom stereocenters. The summed E-state index contributed by atoms with van der Waals surface area (Å²) in [6, 6.07) is 10.0. The zero-order valence-corrected chi connectivity index (χ0v) is 27.9. The molecule has 8 unspecified atom stereocenters. The maximum Gasteiger partial charge on any atom is 0.274 e. The normalized spacial score (nSPS) is 30.9. The van der Waals surface area contributed by atoms with Crippen LogP contribution in [0.2, 0.25) is 0 Å². The van der Waals surface area contributed by atoms with Crippen LogP contribution in [0.1, 0.15) is 49.1 Å². The molecule has 3 aliphatic rings. The van der Waals surface area contributed by atoms with Gasteiger partial charge in [-0.1, -0.05) is 24.3 Å². The van der Waals surface area contributed by atoms with Crippen LogP contribution in [0.25, 0.3) is 0 Å². The summed E-state index contributed by atoms with van der Waals surface area (Å²) in [4.78, 5) is 64.4. The smallest absolute Gasteiger partial charge is 0.274 e. The third kappa shape index (κ3) is 7.10. The molecular weight excluding hydrogens is 664 g/mol. The summed E-state index contributed by atoms with van der Waals surface area (Å²) in [5.41, 5.74) is 9.35. The number of aliphatic imine (C=N–C) groups is 2. The highest BCUT2D eigenvalue weighted by molar-refractivity contribution is 6.01. The molecule has 5 rings (SSSR count). The van der Waals surface area contributed by atoms with Gasteiger partial charge in [0.15, 0.2) is 11.6 Å². The molecule has 18 heteroatoms. The van der Waals surface area contributed by atoms with E-state index in [4.69, 9.17) is 17.3 Å². The Kier molecular flexibility index (Phi) is 10.7. The second kappa shape index (κ2) is 14.8. The number of nitrogens with one attached hydrogen (secondary N) is 4. The Balaban J connectivity index is 1.55. The quantitative estimate of drug-likeness (QED) is 0.0395. The van der Waals surface area contributed by atoms with E-state index in [0.29, 0.717) is 10.5 Å². The highest BCUT2D eigenvalue weighted by Crippen LogP contribution is 2.51. The Morgan fingerprint density at radius 1 is 0.922 bits per heavy atom. The fourth-order valence-corrected chi connectivity index (χ4v) is 7.49. The Morgan fingerprint density at radius 3 is 2.04 bits per heavy atom. The van der Waals surface area contributed by atoms with Gasteiger partial charge in [0.1, 0.15) is 24.1 Å². The number of nitrogens with zero attached hydrogens (tertiary/aromatic N) is 3. The molecule has 4 amide bonds. The van der Waals surface area contributed by atoms with E-state index in [1.54, 1.807) is 24.3 Å². The molecule has 2 heterocycles. The van der Waals surface area contributed by atoms with Crippen molar-refractivity contribution in [1.82, 2.24) is 26.3 Å². The second-order valence-corrected chi connectivity index (χ2v) is 13.1. The van der Waals surface area contributed by atoms with Gasteiger partial charge in [-0.2, -0.15) is 0 Å². The zero-order valence-electron chi connectivity index (χ0n) is 27.9. The van der Waals surface area contributed by atoms with E-state index < -0.39 is 77.4 Å². The fourth-order valence-electron chi connectivity index (χ4n) is 7.49. The minimum atomic E-state index is -2.80. The van der Waals surface area contributed by atoms with Gasteiger partial charge in [-0.25, -0.2) is 5.84 Å². The van der Waals surface area contributed by atoms with Gasteiger partial charge in [0.25, 0.3) is 11.8 Å². The van der Waals surface area contributed by atoms with Crippen LogP contribution in [0.5, 0.6) is 11.5 Å². The second-order valence-electron chi connectivity index (χ2n) is 13.1. The standard InChI is InChI=1S/C33H44N10O8/c1-17-28(47)42-27-25(19-5-9-21(45)10-6-19)24(18-3-7-20(44)8-4-18)26(27)41-23(46)15-43-30(49)32(50,12-2-13-38-31(34)35)22(11-14-37-16-39-36)33(43,51)29(48)40-17/h3-10,16-17,22,24-27,44-45,50-51H,2,11-15,36H2,1H3,(H,37,39)(H,40,48)(H,41,46)(H,42,47)(H4,34,35,38). The highest BCUT2D eigenvalue weighted by Gasteiger charge is 2.69. The fraction of sp³-hybridized carbons (Fsp3) is 0.455. The third-order valence-corrected chi connectivity index (χ3v) is 9.93. The van der Waals surface area contributed by atoms with E-state index in [0.717, 1.165) is 11.9 Å². The number of hydrogen-bond donors (Lipinski definition) is 11. The zero-order chi connectivity index (χ0) is 37.1. The number of phenolic OH excluding ortho intramolecular Hbond substituents is 2. The van der Waals surface area contributed by atoms with E-state index in [1.807, 2.05) is 0 Å². The Bertz CT molecular complexity index is 1690. The molecule has 0 spiro atoms. The third-order valence-electron chi connectivity index (χ3n) is 9.93. The minimum Gasteiger partial charge on any atom is -0.508 e. The summed E-state index contributed by atoms with van der Waals surface area (Å²) in [6.07, 6.45) is 0.713. The van der Waals surface area contributed by atoms with Gasteiger partial charge >= 0.3 is 0 Å². The molecule has 274 valence electrons. The van der Waals surface area contributed by atoms with E-state index in [1.165, 1.54) is 31.2 Å². The molecule has 2 aliphatic heterocycles. The van der Waals surface area contributed by atoms with Crippen LogP contribution in [0.15, 0.2) is 58.5 Å². The summed E-state index contributed by atoms with van der Waals surface area (Å²) >= 11 is 0. The van der Waals surface area contributed by atoms with E-state index in [2.05, 4.69) is 31.4 Å². The van der Waals surface area contributed by atoms with Crippen molar-refractivity contribution in [2.24, 2.45) is 33.2 Å². The van der Waals surface area contributed by atoms with E-state index in [9.17, 15) is 39.6 Å². The van der Waals surface area contributed by atoms with Gasteiger partial charge in [0, 0.05) is 24.9 Å². The Labute approximate surface area is 293 Å². The molecule has 3 fully saturated rings. The molecule has 0 aromatic heterocycles. The average molecular weight is 709 g/mol. The number of aliphatic hydroxyl groups is 2. The van der Waals surface area contributed by atoms with Gasteiger partial charge in [0.05, 0.1) is 24.3 Å². The van der Waals surface area contributed by atoms with Crippen LogP contribution in [0.4, 0.5) is 0 Å². The average Bonchev–Trinajstić information content (AvgIpc) is 3.24. The molecule has 2 aromatic carbocycles. The molecule has 1 saturated carbocycles. The number of aromatic hydroxyl groups is 2. The maximum atomic E-state index is 14.2. The number of benzene rings is 2. The summed E-state index contributed by atoms with van der Waals surface area (Å²) in [5.74, 6) is -1.03. The van der Waals surface area contributed by atoms with Gasteiger partial charge in [-0.15, -0.1) is 0 Å². The molecule has 18 nitrogen and oxygen atoms in total. The van der Waals surface area contributed by atoms with Gasteiger partial charge in [-0.3, -0.25) is 34.1 Å². The molecule has 2 aromatic rings. The summed E-state index contributed by atoms with van der Waals surface area (Å²) in [6.45, 7) is 0.490. The maximum absolute atomic E-state index is 14.2. The number of carbonyl (C=O) groups excluding carboxylic acids is 4. The first kappa shape index (κ1) is 36.8. The van der Waals surface area contributed by atoms with Crippen LogP contribution in [0, 0.1) is 5.92 Å². The lowest BCUT2D eigenvalue weighted by atomic mass is 9.59. The van der Waals surface area contributed by atoms with Crippen LogP contribution in [-0.2, 0) is 19.2 Å². The van der Waals surface area contributed by atoms with Crippen molar-refractivity contribution < 1.29 is 39.6 Å². The first-order valence-corrected chi connectivity index (χ1v) is 16.5. The van der Waals surface area contributed by atoms with Gasteiger partial charge in [0.2, 0.25) is 17.5 Å². The van der Waals surface area contributed by atoms with Crippen molar-refractivity contribution in [3.8, 4) is 11.5 Å². The number of fused-ring (bicyclic) bond motifs is 2. The molecule has 1 aliphatic carbocycles. The lowest BCUT2D eigenvalue weighted by Crippen LogP contribution is -2.71. The van der Waals surface area contributed by atoms with Crippen molar-refractivity contribution in [1.29, 1.82) is 0 Å². The predicted octanol–water partition coefficient (Wildman–Crippen LogP) is -2.72. The van der Waals surface area contributed by atoms with E-state index in [-0.39, 0.29) is 49.8 Å². The topological polar surface area (TPSA) is 303 Å². The van der Waals surface area contributed by atoms with Crippen LogP contribution in [0.3, 0.4) is 0 Å². The summed E-state index contributed by atoms with van der Waals surface area (Å²) < 4.78 is 0. The number of carbonyl (C=O) groups is 4. The summed E-state index contributed by atoms with van der Waals surface area (Å²) in [5, 5.41) is 52.5. The lowest BCUT2D eigenvalue weighted by Gasteiger charge is -2.53. The van der Waals surface area contributed by atoms with Crippen molar-refractivity contribution in [3.63, 3.8) is 0 Å². The molecule has 51 heavy (non-hydrogen) atoms. The lowest BCUT2D eigenvalue weighted by molar-refractivity contribution is -0.175. The number of rotatable bonds is 10. The minimum absolute atomic E-state index is 0.0200. The molecular formula is C33H44N10O8. The molecule has 2 saturated heterocycles. The number of amides is 4. The summed E-state index contributed by atoms with van der Waals surface area (Å²) in [7, 11) is 0. The van der Waals surface area contributed by atoms with Crippen LogP contribution < -0.4 is 38.7 Å². The van der Waals surface area contributed by atoms with Crippen molar-refractivity contribution in [2.45, 2.75) is 67.5 Å². The largest absolute Gasteiger partial charge is 0.508 e. The highest BCUT2D eigenvalue weighted by atomic mass is 16.4. The molecule has 0 bridgehead atoms. The Morgan fingerprint density at radius 2 is 1.49 bits per heavy atom. The molecule has 0 radical (unpaired) electrons. The van der Waals surface area contributed by atoms with Crippen LogP contribution >= 0.6 is 0 Å². The molecule has 14 N–H and O–H groups in total. The Hall–Kier alpha value is -5.46. The van der Waals surface area contributed by atoms with E-state index >= 15 is 0 Å². The number of guanidine groups is 1. The van der Waals surface area contributed by atoms with Crippen molar-refractivity contribution in [3.05, 3.63) is 59.7 Å². The first-order valence-electron chi connectivity index (χ1n) is 16.5. The van der Waals surface area contributed by atoms with Crippen molar-refractivity contribution in [2.75, 3.05) is 19.6 Å². The van der Waals surface area contributed by atoms with Crippen LogP contribution in [-0.4, -0.2) is 110 Å². The number of phenols is 2.